The van der Waals surface area contributed by atoms with Crippen LogP contribution in [0.2, 0.25) is 0 Å². The summed E-state index contributed by atoms with van der Waals surface area (Å²) >= 11 is 0. The van der Waals surface area contributed by atoms with Crippen molar-refractivity contribution in [2.24, 2.45) is 0 Å². The Bertz CT molecular complexity index is 392. The Morgan fingerprint density at radius 2 is 1.53 bits per heavy atom. The number of hydrogen-bond donors (Lipinski definition) is 1. The van der Waals surface area contributed by atoms with Gasteiger partial charge in [-0.3, -0.25) is 0 Å². The molecule has 3 heteroatoms. The Balaban J connectivity index is 2.70. The number of aliphatic hydroxyl groups is 1. The Morgan fingerprint density at radius 3 is 2.00 bits per heavy atom. The summed E-state index contributed by atoms with van der Waals surface area (Å²) in [5.74, 6) is 0. The van der Waals surface area contributed by atoms with Gasteiger partial charge in [0.25, 0.3) is 0 Å². The minimum atomic E-state index is -0.409. The third-order valence-electron chi connectivity index (χ3n) is 3.48. The van der Waals surface area contributed by atoms with Crippen molar-refractivity contribution in [3.05, 3.63) is 34.4 Å². The van der Waals surface area contributed by atoms with E-state index in [9.17, 15) is 5.11 Å². The van der Waals surface area contributed by atoms with Crippen LogP contribution in [0.25, 0.3) is 0 Å². The van der Waals surface area contributed by atoms with Crippen LogP contribution in [0.3, 0.4) is 0 Å². The first-order valence-electron chi connectivity index (χ1n) is 6.90. The lowest BCUT2D eigenvalue weighted by molar-refractivity contribution is 0.122. The maximum Gasteiger partial charge on any atom is 0.0921 e. The standard InChI is InChI=1S/C16H28N2O/c1-12-9-13(2)16(14(3)10-12)15(19)11-18(6)8-7-17(4)5/h9-10,15,19H,7-8,11H2,1-6H3. The van der Waals surface area contributed by atoms with Crippen molar-refractivity contribution < 1.29 is 5.11 Å². The average molecular weight is 264 g/mol. The van der Waals surface area contributed by atoms with Gasteiger partial charge in [-0.05, 0) is 58.6 Å². The molecule has 1 rings (SSSR count). The number of benzene rings is 1. The van der Waals surface area contributed by atoms with Crippen LogP contribution in [0, 0.1) is 20.8 Å². The molecule has 1 atom stereocenters. The van der Waals surface area contributed by atoms with E-state index in [2.05, 4.69) is 63.8 Å². The molecule has 0 radical (unpaired) electrons. The maximum atomic E-state index is 10.5. The van der Waals surface area contributed by atoms with E-state index in [-0.39, 0.29) is 0 Å². The molecule has 0 aromatic heterocycles. The number of likely N-dealkylation sites (N-methyl/N-ethyl adjacent to an activating group) is 2. The molecule has 1 aromatic rings. The molecular formula is C16H28N2O. The Hall–Kier alpha value is -0.900. The lowest BCUT2D eigenvalue weighted by Crippen LogP contribution is -2.32. The zero-order valence-electron chi connectivity index (χ0n) is 13.2. The van der Waals surface area contributed by atoms with E-state index in [1.807, 2.05) is 0 Å². The quantitative estimate of drug-likeness (QED) is 0.853. The SMILES string of the molecule is Cc1cc(C)c(C(O)CN(C)CCN(C)C)c(C)c1. The Morgan fingerprint density at radius 1 is 1.00 bits per heavy atom. The van der Waals surface area contributed by atoms with Crippen LogP contribution in [0.4, 0.5) is 0 Å². The molecule has 19 heavy (non-hydrogen) atoms. The number of rotatable bonds is 6. The molecular weight excluding hydrogens is 236 g/mol. The summed E-state index contributed by atoms with van der Waals surface area (Å²) in [6.45, 7) is 8.91. The highest BCUT2D eigenvalue weighted by molar-refractivity contribution is 5.39. The highest BCUT2D eigenvalue weighted by Gasteiger charge is 2.15. The second kappa shape index (κ2) is 7.04. The molecule has 1 unspecified atom stereocenters. The van der Waals surface area contributed by atoms with Crippen LogP contribution in [0.1, 0.15) is 28.4 Å². The predicted octanol–water partition coefficient (Wildman–Crippen LogP) is 2.14. The molecule has 0 aliphatic carbocycles. The molecule has 1 aromatic carbocycles. The number of hydrogen-bond acceptors (Lipinski definition) is 3. The first kappa shape index (κ1) is 16.2. The van der Waals surface area contributed by atoms with Gasteiger partial charge in [0.05, 0.1) is 6.10 Å². The van der Waals surface area contributed by atoms with Crippen LogP contribution in [0.5, 0.6) is 0 Å². The number of aryl methyl sites for hydroxylation is 3. The van der Waals surface area contributed by atoms with Gasteiger partial charge in [-0.15, -0.1) is 0 Å². The topological polar surface area (TPSA) is 26.7 Å². The highest BCUT2D eigenvalue weighted by Crippen LogP contribution is 2.24. The minimum Gasteiger partial charge on any atom is -0.387 e. The van der Waals surface area contributed by atoms with Gasteiger partial charge in [-0.2, -0.15) is 0 Å². The van der Waals surface area contributed by atoms with E-state index in [1.54, 1.807) is 0 Å². The van der Waals surface area contributed by atoms with E-state index >= 15 is 0 Å². The summed E-state index contributed by atoms with van der Waals surface area (Å²) in [6.07, 6.45) is -0.409. The molecule has 0 aliphatic rings. The second-order valence-electron chi connectivity index (χ2n) is 5.89. The van der Waals surface area contributed by atoms with Gasteiger partial charge >= 0.3 is 0 Å². The van der Waals surface area contributed by atoms with Gasteiger partial charge in [0.1, 0.15) is 0 Å². The van der Waals surface area contributed by atoms with Gasteiger partial charge in [-0.25, -0.2) is 0 Å². The van der Waals surface area contributed by atoms with E-state index in [4.69, 9.17) is 0 Å². The third-order valence-corrected chi connectivity index (χ3v) is 3.48. The molecule has 1 N–H and O–H groups in total. The van der Waals surface area contributed by atoms with Crippen molar-refractivity contribution in [2.75, 3.05) is 40.8 Å². The van der Waals surface area contributed by atoms with Crippen molar-refractivity contribution >= 4 is 0 Å². The fraction of sp³-hybridized carbons (Fsp3) is 0.625. The molecule has 0 fully saturated rings. The van der Waals surface area contributed by atoms with Crippen LogP contribution < -0.4 is 0 Å². The lowest BCUT2D eigenvalue weighted by atomic mass is 9.95. The predicted molar refractivity (Wildman–Crippen MR) is 81.7 cm³/mol. The summed E-state index contributed by atoms with van der Waals surface area (Å²) in [5.41, 5.74) is 4.71. The molecule has 0 bridgehead atoms. The van der Waals surface area contributed by atoms with Gasteiger partial charge in [0.2, 0.25) is 0 Å². The Labute approximate surface area is 117 Å². The molecule has 0 saturated heterocycles. The summed E-state index contributed by atoms with van der Waals surface area (Å²) in [6, 6.07) is 4.29. The van der Waals surface area contributed by atoms with Crippen molar-refractivity contribution in [1.82, 2.24) is 9.80 Å². The molecule has 0 amide bonds. The fourth-order valence-electron chi connectivity index (χ4n) is 2.57. The first-order valence-corrected chi connectivity index (χ1v) is 6.90. The molecule has 3 nitrogen and oxygen atoms in total. The van der Waals surface area contributed by atoms with Crippen LogP contribution in [-0.4, -0.2) is 55.7 Å². The molecule has 0 heterocycles. The van der Waals surface area contributed by atoms with Crippen molar-refractivity contribution in [3.8, 4) is 0 Å². The van der Waals surface area contributed by atoms with Gasteiger partial charge in [0.15, 0.2) is 0 Å². The largest absolute Gasteiger partial charge is 0.387 e. The normalized spacial score (nSPS) is 13.3. The summed E-state index contributed by atoms with van der Waals surface area (Å²) in [5, 5.41) is 10.5. The molecule has 0 saturated carbocycles. The van der Waals surface area contributed by atoms with Crippen molar-refractivity contribution in [1.29, 1.82) is 0 Å². The lowest BCUT2D eigenvalue weighted by Gasteiger charge is -2.24. The minimum absolute atomic E-state index is 0.409. The maximum absolute atomic E-state index is 10.5. The number of nitrogens with zero attached hydrogens (tertiary/aromatic N) is 2. The first-order chi connectivity index (χ1) is 8.81. The molecule has 108 valence electrons. The zero-order chi connectivity index (χ0) is 14.6. The zero-order valence-corrected chi connectivity index (χ0v) is 13.2. The monoisotopic (exact) mass is 264 g/mol. The summed E-state index contributed by atoms with van der Waals surface area (Å²) in [7, 11) is 6.20. The van der Waals surface area contributed by atoms with E-state index in [0.717, 1.165) is 18.7 Å². The van der Waals surface area contributed by atoms with Crippen LogP contribution >= 0.6 is 0 Å². The smallest absolute Gasteiger partial charge is 0.0921 e. The van der Waals surface area contributed by atoms with Crippen LogP contribution in [-0.2, 0) is 0 Å². The van der Waals surface area contributed by atoms with Crippen molar-refractivity contribution in [2.45, 2.75) is 26.9 Å². The second-order valence-corrected chi connectivity index (χ2v) is 5.89. The third kappa shape index (κ3) is 4.94. The fourth-order valence-corrected chi connectivity index (χ4v) is 2.57. The Kier molecular flexibility index (Phi) is 5.98. The summed E-state index contributed by atoms with van der Waals surface area (Å²) < 4.78 is 0. The number of aliphatic hydroxyl groups excluding tert-OH is 1. The van der Waals surface area contributed by atoms with Gasteiger partial charge in [0, 0.05) is 19.6 Å². The van der Waals surface area contributed by atoms with Gasteiger partial charge < -0.3 is 14.9 Å². The molecule has 0 spiro atoms. The van der Waals surface area contributed by atoms with Gasteiger partial charge in [-0.1, -0.05) is 17.7 Å². The average Bonchev–Trinajstić information content (AvgIpc) is 2.24. The van der Waals surface area contributed by atoms with Crippen LogP contribution in [0.15, 0.2) is 12.1 Å². The molecule has 0 aliphatic heterocycles. The van der Waals surface area contributed by atoms with Crippen molar-refractivity contribution in [3.63, 3.8) is 0 Å². The summed E-state index contributed by atoms with van der Waals surface area (Å²) in [4.78, 5) is 4.34. The van der Waals surface area contributed by atoms with E-state index < -0.39 is 6.10 Å². The highest BCUT2D eigenvalue weighted by atomic mass is 16.3. The van der Waals surface area contributed by atoms with E-state index in [0.29, 0.717) is 6.54 Å². The van der Waals surface area contributed by atoms with E-state index in [1.165, 1.54) is 16.7 Å².